The minimum absolute atomic E-state index is 0.139. The average Bonchev–Trinajstić information content (AvgIpc) is 3.35. The van der Waals surface area contributed by atoms with Crippen LogP contribution >= 0.6 is 7.82 Å². The number of hydrogen-bond donors (Lipinski definition) is 2. The van der Waals surface area contributed by atoms with Crippen molar-refractivity contribution in [2.45, 2.75) is 251 Å². The first-order valence-electron chi connectivity index (χ1n) is 27.8. The highest BCUT2D eigenvalue weighted by atomic mass is 31.2. The number of aliphatic hydroxyl groups excluding tert-OH is 1. The Balaban J connectivity index is 4.78. The molecule has 0 saturated heterocycles. The summed E-state index contributed by atoms with van der Waals surface area (Å²) in [5, 5.41) is 9.78. The summed E-state index contributed by atoms with van der Waals surface area (Å²) >= 11 is 0. The maximum absolute atomic E-state index is 12.9. The van der Waals surface area contributed by atoms with Gasteiger partial charge in [0.15, 0.2) is 6.10 Å². The summed E-state index contributed by atoms with van der Waals surface area (Å²) in [6, 6.07) is 0. The zero-order valence-electron chi connectivity index (χ0n) is 44.5. The van der Waals surface area contributed by atoms with E-state index in [0.717, 1.165) is 116 Å². The summed E-state index contributed by atoms with van der Waals surface area (Å²) in [5.74, 6) is -1.51. The molecule has 0 saturated carbocycles. The fourth-order valence-electron chi connectivity index (χ4n) is 7.34. The predicted octanol–water partition coefficient (Wildman–Crippen LogP) is 16.1. The lowest BCUT2D eigenvalue weighted by Crippen LogP contribution is -2.30. The number of carbonyl (C=O) groups excluding carboxylic acids is 3. The molecule has 0 aliphatic rings. The van der Waals surface area contributed by atoms with Gasteiger partial charge in [-0.1, -0.05) is 184 Å². The SMILES string of the molecule is CC/C=C\C/C=C\C/C=C\CCCCCC(=O)OC(CO)COP(=O)(O)OCC(COC(=O)CCCCCCC/C=C\CCCCCC)OC(=O)CCCCCCCCC/C=C\C/C=C\CCCCC. The number of allylic oxidation sites excluding steroid dienone is 12. The molecule has 0 bridgehead atoms. The Morgan fingerprint density at radius 2 is 0.743 bits per heavy atom. The molecular weight excluding hydrogens is 904 g/mol. The van der Waals surface area contributed by atoms with Crippen LogP contribution in [0.5, 0.6) is 0 Å². The van der Waals surface area contributed by atoms with E-state index >= 15 is 0 Å². The van der Waals surface area contributed by atoms with E-state index in [-0.39, 0.29) is 25.9 Å². The first-order valence-corrected chi connectivity index (χ1v) is 29.3. The Labute approximate surface area is 427 Å². The molecular formula is C58H101O11P. The van der Waals surface area contributed by atoms with Gasteiger partial charge in [-0.15, -0.1) is 0 Å². The van der Waals surface area contributed by atoms with Crippen molar-refractivity contribution in [3.05, 3.63) is 72.9 Å². The molecule has 0 spiro atoms. The lowest BCUT2D eigenvalue weighted by molar-refractivity contribution is -0.161. The number of aliphatic hydroxyl groups is 1. The number of phosphoric acid groups is 1. The zero-order valence-corrected chi connectivity index (χ0v) is 45.4. The monoisotopic (exact) mass is 1000 g/mol. The minimum Gasteiger partial charge on any atom is -0.462 e. The maximum atomic E-state index is 12.9. The molecule has 11 nitrogen and oxygen atoms in total. The molecule has 0 aliphatic carbocycles. The fraction of sp³-hybridized carbons (Fsp3) is 0.741. The number of esters is 3. The van der Waals surface area contributed by atoms with Gasteiger partial charge in [0, 0.05) is 19.3 Å². The Morgan fingerprint density at radius 1 is 0.414 bits per heavy atom. The van der Waals surface area contributed by atoms with Crippen LogP contribution < -0.4 is 0 Å². The van der Waals surface area contributed by atoms with E-state index in [4.69, 9.17) is 23.3 Å². The van der Waals surface area contributed by atoms with Crippen molar-refractivity contribution in [1.29, 1.82) is 0 Å². The zero-order chi connectivity index (χ0) is 51.3. The number of rotatable bonds is 51. The first-order chi connectivity index (χ1) is 34.2. The lowest BCUT2D eigenvalue weighted by atomic mass is 10.1. The molecule has 404 valence electrons. The van der Waals surface area contributed by atoms with Crippen LogP contribution in [0.15, 0.2) is 72.9 Å². The number of carbonyl (C=O) groups is 3. The lowest BCUT2D eigenvalue weighted by Gasteiger charge is -2.21. The van der Waals surface area contributed by atoms with Crippen molar-refractivity contribution in [2.24, 2.45) is 0 Å². The van der Waals surface area contributed by atoms with Gasteiger partial charge in [0.25, 0.3) is 0 Å². The molecule has 3 atom stereocenters. The standard InChI is InChI=1S/C58H101O11P/c1-4-7-10-13-16-19-22-25-26-27-28-31-34-37-40-43-46-49-58(62)69-55(51-65-56(60)47-44-41-38-35-32-29-23-20-17-14-11-8-5-2)53-67-70(63,64)66-52-54(50-59)68-57(61)48-45-42-39-36-33-30-24-21-18-15-12-9-6-3/h9,12,16,18-21,23,25-26,30,33,54-55,59H,4-8,10-11,13-15,17,22,24,27-29,31-32,34-53H2,1-3H3,(H,63,64)/b12-9-,19-16-,21-18-,23-20-,26-25-,33-30-. The van der Waals surface area contributed by atoms with Gasteiger partial charge in [0.1, 0.15) is 12.7 Å². The van der Waals surface area contributed by atoms with Crippen molar-refractivity contribution in [2.75, 3.05) is 26.4 Å². The molecule has 0 radical (unpaired) electrons. The molecule has 2 N–H and O–H groups in total. The summed E-state index contributed by atoms with van der Waals surface area (Å²) in [6.45, 7) is 4.43. The highest BCUT2D eigenvalue weighted by Gasteiger charge is 2.28. The third kappa shape index (κ3) is 49.9. The van der Waals surface area contributed by atoms with Crippen LogP contribution in [0.3, 0.4) is 0 Å². The minimum atomic E-state index is -4.76. The van der Waals surface area contributed by atoms with E-state index in [2.05, 4.69) is 93.7 Å². The molecule has 0 aromatic carbocycles. The summed E-state index contributed by atoms with van der Waals surface area (Å²) in [4.78, 5) is 48.4. The van der Waals surface area contributed by atoms with Gasteiger partial charge in [-0.3, -0.25) is 23.4 Å². The van der Waals surface area contributed by atoms with Crippen molar-refractivity contribution in [1.82, 2.24) is 0 Å². The highest BCUT2D eigenvalue weighted by Crippen LogP contribution is 2.43. The molecule has 0 rings (SSSR count). The van der Waals surface area contributed by atoms with E-state index in [9.17, 15) is 28.9 Å². The van der Waals surface area contributed by atoms with E-state index in [1.54, 1.807) is 0 Å². The van der Waals surface area contributed by atoms with Crippen LogP contribution in [0.1, 0.15) is 239 Å². The summed E-state index contributed by atoms with van der Waals surface area (Å²) in [5.41, 5.74) is 0. The normalized spacial score (nSPS) is 14.0. The van der Waals surface area contributed by atoms with Crippen molar-refractivity contribution in [3.63, 3.8) is 0 Å². The van der Waals surface area contributed by atoms with Crippen molar-refractivity contribution >= 4 is 25.7 Å². The third-order valence-corrected chi connectivity index (χ3v) is 12.5. The van der Waals surface area contributed by atoms with Gasteiger partial charge in [0.2, 0.25) is 0 Å². The van der Waals surface area contributed by atoms with E-state index in [0.29, 0.717) is 19.3 Å². The number of phosphoric ester groups is 1. The summed E-state index contributed by atoms with van der Waals surface area (Å²) < 4.78 is 39.4. The Hall–Kier alpha value is -3.08. The smallest absolute Gasteiger partial charge is 0.462 e. The van der Waals surface area contributed by atoms with Crippen molar-refractivity contribution in [3.8, 4) is 0 Å². The maximum Gasteiger partial charge on any atom is 0.472 e. The molecule has 0 fully saturated rings. The van der Waals surface area contributed by atoms with Crippen LogP contribution in [0.2, 0.25) is 0 Å². The second-order valence-electron chi connectivity index (χ2n) is 18.4. The van der Waals surface area contributed by atoms with Gasteiger partial charge < -0.3 is 24.2 Å². The quantitative estimate of drug-likeness (QED) is 0.0197. The Bertz CT molecular complexity index is 1450. The van der Waals surface area contributed by atoms with Gasteiger partial charge in [-0.25, -0.2) is 4.57 Å². The summed E-state index contributed by atoms with van der Waals surface area (Å²) in [7, 11) is -4.76. The van der Waals surface area contributed by atoms with Gasteiger partial charge in [-0.05, 0) is 109 Å². The third-order valence-electron chi connectivity index (χ3n) is 11.6. The largest absolute Gasteiger partial charge is 0.472 e. The number of ether oxygens (including phenoxy) is 3. The molecule has 3 unspecified atom stereocenters. The number of unbranched alkanes of at least 4 members (excludes halogenated alkanes) is 22. The fourth-order valence-corrected chi connectivity index (χ4v) is 8.12. The Kier molecular flexibility index (Phi) is 50.0. The summed E-state index contributed by atoms with van der Waals surface area (Å²) in [6.07, 6.45) is 57.2. The molecule has 0 amide bonds. The predicted molar refractivity (Wildman–Crippen MR) is 288 cm³/mol. The van der Waals surface area contributed by atoms with Crippen LogP contribution in [0.4, 0.5) is 0 Å². The second kappa shape index (κ2) is 52.2. The van der Waals surface area contributed by atoms with Crippen LogP contribution in [0, 0.1) is 0 Å². The molecule has 0 aliphatic heterocycles. The van der Waals surface area contributed by atoms with Crippen LogP contribution in [-0.4, -0.2) is 66.5 Å². The molecule has 70 heavy (non-hydrogen) atoms. The van der Waals surface area contributed by atoms with Gasteiger partial charge in [-0.2, -0.15) is 0 Å². The first kappa shape index (κ1) is 66.9. The molecule has 0 aromatic rings. The van der Waals surface area contributed by atoms with Gasteiger partial charge >= 0.3 is 25.7 Å². The molecule has 0 heterocycles. The Morgan fingerprint density at radius 3 is 1.20 bits per heavy atom. The van der Waals surface area contributed by atoms with Gasteiger partial charge in [0.05, 0.1) is 19.8 Å². The van der Waals surface area contributed by atoms with Crippen molar-refractivity contribution < 1.29 is 52.2 Å². The van der Waals surface area contributed by atoms with Crippen LogP contribution in [0.25, 0.3) is 0 Å². The number of hydrogen-bond acceptors (Lipinski definition) is 10. The average molecular weight is 1010 g/mol. The molecule has 0 aromatic heterocycles. The topological polar surface area (TPSA) is 155 Å². The second-order valence-corrected chi connectivity index (χ2v) is 19.8. The molecule has 12 heteroatoms. The highest BCUT2D eigenvalue weighted by molar-refractivity contribution is 7.47. The van der Waals surface area contributed by atoms with Crippen LogP contribution in [-0.2, 0) is 42.2 Å². The van der Waals surface area contributed by atoms with E-state index in [1.165, 1.54) is 64.2 Å². The van der Waals surface area contributed by atoms with E-state index in [1.807, 2.05) is 0 Å². The van der Waals surface area contributed by atoms with E-state index < -0.39 is 57.8 Å².